The molecule has 12 heavy (non-hydrogen) atoms. The van der Waals surface area contributed by atoms with Crippen LogP contribution in [0, 0.1) is 5.92 Å². The third-order valence-corrected chi connectivity index (χ3v) is 3.06. The highest BCUT2D eigenvalue weighted by molar-refractivity contribution is 4.92. The van der Waals surface area contributed by atoms with E-state index in [0.717, 1.165) is 19.3 Å². The minimum atomic E-state index is -0.731. The van der Waals surface area contributed by atoms with E-state index in [1.54, 1.807) is 0 Å². The van der Waals surface area contributed by atoms with Gasteiger partial charge < -0.3 is 10.5 Å². The summed E-state index contributed by atoms with van der Waals surface area (Å²) in [7, 11) is 0. The highest BCUT2D eigenvalue weighted by Gasteiger charge is 2.44. The van der Waals surface area contributed by atoms with Crippen molar-refractivity contribution in [3.8, 4) is 0 Å². The third-order valence-electron chi connectivity index (χ3n) is 3.06. The van der Waals surface area contributed by atoms with Crippen LogP contribution in [0.3, 0.4) is 0 Å². The van der Waals surface area contributed by atoms with E-state index in [-0.39, 0.29) is 12.0 Å². The number of halogens is 1. The second kappa shape index (κ2) is 3.30. The Kier molecular flexibility index (Phi) is 2.33. The summed E-state index contributed by atoms with van der Waals surface area (Å²) >= 11 is 0. The molecule has 2 heterocycles. The average molecular weight is 173 g/mol. The number of alkyl halides is 1. The summed E-state index contributed by atoms with van der Waals surface area (Å²) in [6, 6.07) is 0. The van der Waals surface area contributed by atoms with Gasteiger partial charge in [-0.25, -0.2) is 4.39 Å². The minimum Gasteiger partial charge on any atom is -0.375 e. The van der Waals surface area contributed by atoms with Crippen molar-refractivity contribution in [1.82, 2.24) is 0 Å². The predicted octanol–water partition coefficient (Wildman–Crippen LogP) is 1.24. The van der Waals surface area contributed by atoms with Gasteiger partial charge >= 0.3 is 0 Å². The van der Waals surface area contributed by atoms with Crippen molar-refractivity contribution in [1.29, 1.82) is 0 Å². The number of rotatable bonds is 3. The molecule has 0 aromatic heterocycles. The van der Waals surface area contributed by atoms with Crippen molar-refractivity contribution >= 4 is 0 Å². The highest BCUT2D eigenvalue weighted by Crippen LogP contribution is 2.41. The van der Waals surface area contributed by atoms with Crippen LogP contribution in [-0.2, 0) is 4.74 Å². The van der Waals surface area contributed by atoms with Crippen LogP contribution in [0.25, 0.3) is 0 Å². The molecule has 0 saturated carbocycles. The Hall–Kier alpha value is -0.150. The van der Waals surface area contributed by atoms with Crippen molar-refractivity contribution in [3.05, 3.63) is 0 Å². The second-order valence-electron chi connectivity index (χ2n) is 3.87. The summed E-state index contributed by atoms with van der Waals surface area (Å²) in [6.07, 6.45) is 3.44. The Morgan fingerprint density at radius 3 is 2.83 bits per heavy atom. The number of ether oxygens (including phenoxy) is 1. The van der Waals surface area contributed by atoms with Crippen molar-refractivity contribution < 1.29 is 9.13 Å². The van der Waals surface area contributed by atoms with Crippen LogP contribution in [0.5, 0.6) is 0 Å². The molecular formula is C9H16FNO. The van der Waals surface area contributed by atoms with Gasteiger partial charge in [-0.1, -0.05) is 0 Å². The van der Waals surface area contributed by atoms with Gasteiger partial charge in [-0.15, -0.1) is 0 Å². The van der Waals surface area contributed by atoms with E-state index in [1.807, 2.05) is 0 Å². The molecule has 0 aromatic carbocycles. The van der Waals surface area contributed by atoms with Gasteiger partial charge in [0.25, 0.3) is 0 Å². The fraction of sp³-hybridized carbons (Fsp3) is 1.00. The number of hydrogen-bond acceptors (Lipinski definition) is 2. The Labute approximate surface area is 72.3 Å². The fourth-order valence-corrected chi connectivity index (χ4v) is 2.43. The largest absolute Gasteiger partial charge is 0.375 e. The summed E-state index contributed by atoms with van der Waals surface area (Å²) in [6.45, 7) is 0.453. The van der Waals surface area contributed by atoms with Crippen LogP contribution in [0.15, 0.2) is 0 Å². The lowest BCUT2D eigenvalue weighted by Crippen LogP contribution is -2.28. The van der Waals surface area contributed by atoms with Crippen molar-refractivity contribution in [2.45, 2.75) is 44.1 Å². The predicted molar refractivity (Wildman–Crippen MR) is 44.6 cm³/mol. The first-order chi connectivity index (χ1) is 5.81. The van der Waals surface area contributed by atoms with Crippen molar-refractivity contribution in [2.24, 2.45) is 11.7 Å². The number of nitrogens with two attached hydrogens (primary N) is 1. The van der Waals surface area contributed by atoms with Crippen LogP contribution < -0.4 is 5.73 Å². The Balaban J connectivity index is 1.89. The maximum absolute atomic E-state index is 13.4. The first kappa shape index (κ1) is 8.45. The summed E-state index contributed by atoms with van der Waals surface area (Å²) in [5.74, 6) is 0.146. The molecule has 0 aliphatic carbocycles. The van der Waals surface area contributed by atoms with Crippen molar-refractivity contribution in [2.75, 3.05) is 6.54 Å². The van der Waals surface area contributed by atoms with Gasteiger partial charge in [0, 0.05) is 5.92 Å². The van der Waals surface area contributed by atoms with Gasteiger partial charge in [0.05, 0.1) is 12.2 Å². The van der Waals surface area contributed by atoms with E-state index in [9.17, 15) is 4.39 Å². The fourth-order valence-electron chi connectivity index (χ4n) is 2.43. The zero-order valence-corrected chi connectivity index (χ0v) is 7.21. The van der Waals surface area contributed by atoms with Crippen molar-refractivity contribution in [3.63, 3.8) is 0 Å². The smallest absolute Gasteiger partial charge is 0.107 e. The Morgan fingerprint density at radius 2 is 2.33 bits per heavy atom. The summed E-state index contributed by atoms with van der Waals surface area (Å²) in [4.78, 5) is 0. The van der Waals surface area contributed by atoms with Gasteiger partial charge in [0.2, 0.25) is 0 Å². The van der Waals surface area contributed by atoms with Crippen LogP contribution >= 0.6 is 0 Å². The van der Waals surface area contributed by atoms with Gasteiger partial charge in [-0.05, 0) is 32.2 Å². The normalized spacial score (nSPS) is 42.0. The molecule has 2 aliphatic heterocycles. The first-order valence-corrected chi connectivity index (χ1v) is 4.81. The topological polar surface area (TPSA) is 35.2 Å². The molecule has 0 amide bonds. The molecule has 4 atom stereocenters. The molecular weight excluding hydrogens is 157 g/mol. The van der Waals surface area contributed by atoms with Crippen LogP contribution in [0.4, 0.5) is 4.39 Å². The standard InChI is InChI=1S/C9H16FNO/c10-8(3-4-11)7-5-6-1-2-9(7)12-6/h6-9H,1-5,11H2. The molecule has 2 saturated heterocycles. The van der Waals surface area contributed by atoms with Crippen LogP contribution in [0.1, 0.15) is 25.7 Å². The molecule has 4 unspecified atom stereocenters. The SMILES string of the molecule is NCCC(F)C1CC2CCC1O2. The van der Waals surface area contributed by atoms with Gasteiger partial charge in [-0.3, -0.25) is 0 Å². The lowest BCUT2D eigenvalue weighted by atomic mass is 9.85. The molecule has 0 aromatic rings. The summed E-state index contributed by atoms with van der Waals surface area (Å²) in [5, 5.41) is 0. The lowest BCUT2D eigenvalue weighted by molar-refractivity contribution is 0.0725. The average Bonchev–Trinajstić information content (AvgIpc) is 2.64. The van der Waals surface area contributed by atoms with Crippen LogP contribution in [-0.4, -0.2) is 24.9 Å². The molecule has 0 spiro atoms. The third kappa shape index (κ3) is 1.36. The highest BCUT2D eigenvalue weighted by atomic mass is 19.1. The molecule has 2 rings (SSSR count). The van der Waals surface area contributed by atoms with Gasteiger partial charge in [0.15, 0.2) is 0 Å². The zero-order chi connectivity index (χ0) is 8.55. The molecule has 2 fully saturated rings. The molecule has 70 valence electrons. The zero-order valence-electron chi connectivity index (χ0n) is 7.21. The minimum absolute atomic E-state index is 0.146. The Morgan fingerprint density at radius 1 is 1.50 bits per heavy atom. The molecule has 3 heteroatoms. The van der Waals surface area contributed by atoms with Crippen LogP contribution in [0.2, 0.25) is 0 Å². The van der Waals surface area contributed by atoms with E-state index in [0.29, 0.717) is 19.1 Å². The monoisotopic (exact) mass is 173 g/mol. The Bertz CT molecular complexity index is 165. The maximum Gasteiger partial charge on any atom is 0.107 e. The quantitative estimate of drug-likeness (QED) is 0.697. The summed E-state index contributed by atoms with van der Waals surface area (Å²) in [5.41, 5.74) is 5.31. The molecule has 0 radical (unpaired) electrons. The maximum atomic E-state index is 13.4. The molecule has 2 aliphatic rings. The molecule has 2 nitrogen and oxygen atoms in total. The number of hydrogen-bond donors (Lipinski definition) is 1. The first-order valence-electron chi connectivity index (χ1n) is 4.81. The summed E-state index contributed by atoms with van der Waals surface area (Å²) < 4.78 is 19.0. The van der Waals surface area contributed by atoms with E-state index in [1.165, 1.54) is 0 Å². The molecule has 2 N–H and O–H groups in total. The van der Waals surface area contributed by atoms with E-state index >= 15 is 0 Å². The number of fused-ring (bicyclic) bond motifs is 2. The van der Waals surface area contributed by atoms with E-state index in [4.69, 9.17) is 10.5 Å². The van der Waals surface area contributed by atoms with Gasteiger partial charge in [-0.2, -0.15) is 0 Å². The lowest BCUT2D eigenvalue weighted by Gasteiger charge is -2.21. The second-order valence-corrected chi connectivity index (χ2v) is 3.87. The molecule has 2 bridgehead atoms. The van der Waals surface area contributed by atoms with E-state index < -0.39 is 6.17 Å². The van der Waals surface area contributed by atoms with E-state index in [2.05, 4.69) is 0 Å². The van der Waals surface area contributed by atoms with Gasteiger partial charge in [0.1, 0.15) is 6.17 Å².